The third kappa shape index (κ3) is 7.64. The van der Waals surface area contributed by atoms with Gasteiger partial charge in [-0.05, 0) is 30.4 Å². The Kier molecular flexibility index (Phi) is 9.62. The largest absolute Gasteiger partial charge is 0.379 e. The number of hydrogen-bond donors (Lipinski definition) is 1. The average Bonchev–Trinajstić information content (AvgIpc) is 2.66. The second kappa shape index (κ2) is 11.7. The fraction of sp³-hybridized carbons (Fsp3) is 0.682. The predicted octanol–water partition coefficient (Wildman–Crippen LogP) is 3.94. The summed E-state index contributed by atoms with van der Waals surface area (Å²) in [5.41, 5.74) is 2.38. The predicted molar refractivity (Wildman–Crippen MR) is 114 cm³/mol. The molecule has 0 radical (unpaired) electrons. The van der Waals surface area contributed by atoms with Crippen molar-refractivity contribution in [3.8, 4) is 0 Å². The number of unbranched alkanes of at least 4 members (excludes halogenated alkanes) is 2. The van der Waals surface area contributed by atoms with Crippen LogP contribution < -0.4 is 0 Å². The van der Waals surface area contributed by atoms with Gasteiger partial charge in [0.1, 0.15) is 6.54 Å². The first-order valence-corrected chi connectivity index (χ1v) is 12.1. The summed E-state index contributed by atoms with van der Waals surface area (Å²) in [5.74, 6) is 0.465. The van der Waals surface area contributed by atoms with Crippen molar-refractivity contribution in [2.24, 2.45) is 5.92 Å². The van der Waals surface area contributed by atoms with Gasteiger partial charge >= 0.3 is 0 Å². The SMILES string of the molecule is CCCCCC(CCC)COCC(C[N+]1=Cc2ccccc2CC1)S(=O)(=O)O. The van der Waals surface area contributed by atoms with E-state index < -0.39 is 15.4 Å². The molecule has 1 aliphatic rings. The second-order valence-electron chi connectivity index (χ2n) is 7.90. The van der Waals surface area contributed by atoms with E-state index in [1.165, 1.54) is 24.8 Å². The van der Waals surface area contributed by atoms with Gasteiger partial charge in [0.05, 0.1) is 6.61 Å². The summed E-state index contributed by atoms with van der Waals surface area (Å²) < 4.78 is 41.3. The molecule has 0 aromatic heterocycles. The van der Waals surface area contributed by atoms with Crippen LogP contribution in [0.25, 0.3) is 0 Å². The Labute approximate surface area is 170 Å². The maximum absolute atomic E-state index is 11.9. The molecule has 0 amide bonds. The lowest BCUT2D eigenvalue weighted by atomic mass is 9.97. The first-order chi connectivity index (χ1) is 13.4. The van der Waals surface area contributed by atoms with Gasteiger partial charge in [0.25, 0.3) is 10.1 Å². The first kappa shape index (κ1) is 23.0. The van der Waals surface area contributed by atoms with Gasteiger partial charge in [-0.15, -0.1) is 0 Å². The van der Waals surface area contributed by atoms with Gasteiger partial charge in [0, 0.05) is 18.6 Å². The molecule has 2 atom stereocenters. The lowest BCUT2D eigenvalue weighted by molar-refractivity contribution is -0.524. The third-order valence-corrected chi connectivity index (χ3v) is 6.60. The highest BCUT2D eigenvalue weighted by atomic mass is 32.2. The minimum absolute atomic E-state index is 0.0405. The Morgan fingerprint density at radius 2 is 1.89 bits per heavy atom. The molecule has 0 aliphatic carbocycles. The summed E-state index contributed by atoms with van der Waals surface area (Å²) in [5, 5.41) is -0.924. The van der Waals surface area contributed by atoms with Crippen LogP contribution in [0.4, 0.5) is 0 Å². The van der Waals surface area contributed by atoms with Crippen molar-refractivity contribution in [3.63, 3.8) is 0 Å². The van der Waals surface area contributed by atoms with Crippen LogP contribution in [-0.2, 0) is 21.3 Å². The number of hydrogen-bond acceptors (Lipinski definition) is 3. The Morgan fingerprint density at radius 3 is 2.61 bits per heavy atom. The van der Waals surface area contributed by atoms with Gasteiger partial charge in [-0.25, -0.2) is 4.58 Å². The molecule has 158 valence electrons. The molecule has 0 fully saturated rings. The van der Waals surface area contributed by atoms with Gasteiger partial charge in [-0.1, -0.05) is 57.7 Å². The summed E-state index contributed by atoms with van der Waals surface area (Å²) >= 11 is 0. The average molecular weight is 411 g/mol. The molecule has 1 aromatic rings. The summed E-state index contributed by atoms with van der Waals surface area (Å²) in [6, 6.07) is 8.13. The van der Waals surface area contributed by atoms with Gasteiger partial charge in [0.2, 0.25) is 0 Å². The van der Waals surface area contributed by atoms with Crippen LogP contribution in [0.5, 0.6) is 0 Å². The molecule has 6 heteroatoms. The Balaban J connectivity index is 1.93. The number of benzene rings is 1. The first-order valence-electron chi connectivity index (χ1n) is 10.6. The molecule has 2 rings (SSSR count). The summed E-state index contributed by atoms with van der Waals surface area (Å²) in [6.07, 6.45) is 9.79. The topological polar surface area (TPSA) is 66.6 Å². The molecule has 0 saturated carbocycles. The van der Waals surface area contributed by atoms with E-state index in [2.05, 4.69) is 19.9 Å². The third-order valence-electron chi connectivity index (χ3n) is 5.47. The molecule has 0 bridgehead atoms. The van der Waals surface area contributed by atoms with Gasteiger partial charge in [-0.2, -0.15) is 8.42 Å². The van der Waals surface area contributed by atoms with Gasteiger partial charge in [0.15, 0.2) is 18.0 Å². The van der Waals surface area contributed by atoms with Crippen LogP contribution in [0.15, 0.2) is 24.3 Å². The number of nitrogens with zero attached hydrogens (tertiary/aromatic N) is 1. The van der Waals surface area contributed by atoms with Crippen LogP contribution >= 0.6 is 0 Å². The minimum atomic E-state index is -4.16. The second-order valence-corrected chi connectivity index (χ2v) is 9.59. The zero-order valence-electron chi connectivity index (χ0n) is 17.3. The smallest absolute Gasteiger partial charge is 0.276 e. The van der Waals surface area contributed by atoms with Crippen molar-refractivity contribution in [3.05, 3.63) is 35.4 Å². The summed E-state index contributed by atoms with van der Waals surface area (Å²) in [4.78, 5) is 0. The molecular formula is C22H36NO4S+. The summed E-state index contributed by atoms with van der Waals surface area (Å²) in [6.45, 7) is 5.96. The monoisotopic (exact) mass is 410 g/mol. The van der Waals surface area contributed by atoms with E-state index >= 15 is 0 Å². The standard InChI is InChI=1S/C22H35NO4S/c1-3-5-6-10-19(9-4-2)17-27-18-22(28(24,25)26)16-23-14-13-20-11-7-8-12-21(20)15-23/h7-8,11-12,15,19,22H,3-6,9-10,13-14,16-18H2,1-2H3/p+1. The fourth-order valence-corrected chi connectivity index (χ4v) is 4.47. The molecule has 5 nitrogen and oxygen atoms in total. The lowest BCUT2D eigenvalue weighted by Crippen LogP contribution is -2.38. The highest BCUT2D eigenvalue weighted by Crippen LogP contribution is 2.17. The number of ether oxygens (including phenoxy) is 1. The van der Waals surface area contributed by atoms with E-state index in [4.69, 9.17) is 4.74 Å². The van der Waals surface area contributed by atoms with E-state index in [1.54, 1.807) is 0 Å². The molecule has 1 aliphatic heterocycles. The quantitative estimate of drug-likeness (QED) is 0.304. The Hall–Kier alpha value is -1.24. The Bertz CT molecular complexity index is 730. The zero-order chi connectivity index (χ0) is 20.4. The van der Waals surface area contributed by atoms with Crippen LogP contribution in [0.3, 0.4) is 0 Å². The molecule has 1 heterocycles. The van der Waals surface area contributed by atoms with E-state index in [0.29, 0.717) is 12.5 Å². The molecule has 28 heavy (non-hydrogen) atoms. The van der Waals surface area contributed by atoms with Crippen molar-refractivity contribution in [2.75, 3.05) is 26.3 Å². The van der Waals surface area contributed by atoms with E-state index in [1.807, 2.05) is 29.0 Å². The summed E-state index contributed by atoms with van der Waals surface area (Å²) in [7, 11) is -4.16. The van der Waals surface area contributed by atoms with Gasteiger partial charge < -0.3 is 4.74 Å². The molecular weight excluding hydrogens is 374 g/mol. The molecule has 0 spiro atoms. The van der Waals surface area contributed by atoms with Crippen molar-refractivity contribution in [1.82, 2.24) is 0 Å². The fourth-order valence-electron chi connectivity index (χ4n) is 3.82. The van der Waals surface area contributed by atoms with Crippen molar-refractivity contribution < 1.29 is 22.3 Å². The van der Waals surface area contributed by atoms with Crippen LogP contribution in [0.1, 0.15) is 63.5 Å². The van der Waals surface area contributed by atoms with E-state index in [9.17, 15) is 13.0 Å². The lowest BCUT2D eigenvalue weighted by Gasteiger charge is -2.19. The zero-order valence-corrected chi connectivity index (χ0v) is 18.2. The number of fused-ring (bicyclic) bond motifs is 1. The van der Waals surface area contributed by atoms with Crippen LogP contribution in [0, 0.1) is 5.92 Å². The maximum atomic E-state index is 11.9. The van der Waals surface area contributed by atoms with Crippen molar-refractivity contribution in [2.45, 2.75) is 64.0 Å². The maximum Gasteiger partial charge on any atom is 0.276 e. The van der Waals surface area contributed by atoms with Crippen LogP contribution in [0.2, 0.25) is 0 Å². The molecule has 0 saturated heterocycles. The Morgan fingerprint density at radius 1 is 1.11 bits per heavy atom. The minimum Gasteiger partial charge on any atom is -0.379 e. The highest BCUT2D eigenvalue weighted by Gasteiger charge is 2.30. The molecule has 1 N–H and O–H groups in total. The van der Waals surface area contributed by atoms with Crippen molar-refractivity contribution in [1.29, 1.82) is 0 Å². The van der Waals surface area contributed by atoms with E-state index in [-0.39, 0.29) is 13.2 Å². The number of rotatable bonds is 13. The highest BCUT2D eigenvalue weighted by molar-refractivity contribution is 7.86. The molecule has 2 unspecified atom stereocenters. The van der Waals surface area contributed by atoms with Gasteiger partial charge in [-0.3, -0.25) is 4.55 Å². The molecule has 1 aromatic carbocycles. The van der Waals surface area contributed by atoms with Crippen molar-refractivity contribution >= 4 is 16.3 Å². The van der Waals surface area contributed by atoms with Crippen LogP contribution in [-0.4, -0.2) is 55.3 Å². The normalized spacial score (nSPS) is 16.3. The van der Waals surface area contributed by atoms with E-state index in [0.717, 1.165) is 37.8 Å².